The lowest BCUT2D eigenvalue weighted by molar-refractivity contribution is -0.121. The van der Waals surface area contributed by atoms with Gasteiger partial charge in [0.05, 0.1) is 6.20 Å². The number of carbonyl (C=O) groups is 1. The summed E-state index contributed by atoms with van der Waals surface area (Å²) >= 11 is 0. The van der Waals surface area contributed by atoms with E-state index in [2.05, 4.69) is 27.6 Å². The highest BCUT2D eigenvalue weighted by atomic mass is 16.1. The van der Waals surface area contributed by atoms with Gasteiger partial charge in [-0.3, -0.25) is 9.89 Å². The summed E-state index contributed by atoms with van der Waals surface area (Å²) in [6.07, 6.45) is 5.88. The number of carbonyl (C=O) groups excluding carboxylic acids is 1. The van der Waals surface area contributed by atoms with Crippen LogP contribution in [0, 0.1) is 0 Å². The molecule has 0 aliphatic rings. The lowest BCUT2D eigenvalue weighted by atomic mass is 10.1. The standard InChI is InChI=1S/C14H17N3O/c18-14(15-9-13-10-16-17-11-13)8-4-7-12-5-2-1-3-6-12/h1-3,5-6,10-11H,4,7-9H2,(H,15,18)(H,16,17). The van der Waals surface area contributed by atoms with E-state index < -0.39 is 0 Å². The molecule has 18 heavy (non-hydrogen) atoms. The van der Waals surface area contributed by atoms with E-state index in [9.17, 15) is 4.79 Å². The number of amides is 1. The Morgan fingerprint density at radius 3 is 2.78 bits per heavy atom. The first-order valence-electron chi connectivity index (χ1n) is 6.13. The van der Waals surface area contributed by atoms with Gasteiger partial charge >= 0.3 is 0 Å². The Bertz CT molecular complexity index is 465. The molecular weight excluding hydrogens is 226 g/mol. The second kappa shape index (κ2) is 6.59. The number of hydrogen-bond donors (Lipinski definition) is 2. The first-order valence-corrected chi connectivity index (χ1v) is 6.13. The SMILES string of the molecule is O=C(CCCc1ccccc1)NCc1cn[nH]c1. The molecule has 0 fully saturated rings. The number of nitrogens with one attached hydrogen (secondary N) is 2. The van der Waals surface area contributed by atoms with Gasteiger partial charge in [-0.05, 0) is 18.4 Å². The molecule has 4 nitrogen and oxygen atoms in total. The van der Waals surface area contributed by atoms with Crippen molar-refractivity contribution in [1.82, 2.24) is 15.5 Å². The van der Waals surface area contributed by atoms with Crippen molar-refractivity contribution in [2.24, 2.45) is 0 Å². The van der Waals surface area contributed by atoms with E-state index in [-0.39, 0.29) is 5.91 Å². The molecular formula is C14H17N3O. The molecule has 1 amide bonds. The second-order valence-electron chi connectivity index (χ2n) is 4.22. The Morgan fingerprint density at radius 1 is 1.22 bits per heavy atom. The quantitative estimate of drug-likeness (QED) is 0.815. The van der Waals surface area contributed by atoms with E-state index in [1.165, 1.54) is 5.56 Å². The van der Waals surface area contributed by atoms with Crippen molar-refractivity contribution in [3.63, 3.8) is 0 Å². The zero-order valence-electron chi connectivity index (χ0n) is 10.2. The molecule has 2 aromatic rings. The van der Waals surface area contributed by atoms with Crippen molar-refractivity contribution < 1.29 is 4.79 Å². The summed E-state index contributed by atoms with van der Waals surface area (Å²) in [4.78, 5) is 11.6. The zero-order valence-corrected chi connectivity index (χ0v) is 10.2. The van der Waals surface area contributed by atoms with Crippen LogP contribution >= 0.6 is 0 Å². The summed E-state index contributed by atoms with van der Waals surface area (Å²) in [5.74, 6) is 0.0899. The maximum atomic E-state index is 11.6. The smallest absolute Gasteiger partial charge is 0.220 e. The molecule has 0 saturated carbocycles. The van der Waals surface area contributed by atoms with Gasteiger partial charge in [0.2, 0.25) is 5.91 Å². The highest BCUT2D eigenvalue weighted by molar-refractivity contribution is 5.75. The molecule has 2 N–H and O–H groups in total. The first kappa shape index (κ1) is 12.4. The van der Waals surface area contributed by atoms with Gasteiger partial charge < -0.3 is 5.32 Å². The average Bonchev–Trinajstić information content (AvgIpc) is 2.91. The van der Waals surface area contributed by atoms with Crippen LogP contribution in [0.4, 0.5) is 0 Å². The van der Waals surface area contributed by atoms with Crippen molar-refractivity contribution in [2.75, 3.05) is 0 Å². The first-order chi connectivity index (χ1) is 8.84. The van der Waals surface area contributed by atoms with Gasteiger partial charge in [0, 0.05) is 24.7 Å². The lowest BCUT2D eigenvalue weighted by Gasteiger charge is -2.03. The fourth-order valence-electron chi connectivity index (χ4n) is 1.76. The summed E-state index contributed by atoms with van der Waals surface area (Å²) in [7, 11) is 0. The molecule has 0 aliphatic heterocycles. The number of aromatic nitrogens is 2. The van der Waals surface area contributed by atoms with E-state index >= 15 is 0 Å². The minimum absolute atomic E-state index is 0.0899. The van der Waals surface area contributed by atoms with Crippen LogP contribution in [0.15, 0.2) is 42.7 Å². The maximum Gasteiger partial charge on any atom is 0.220 e. The van der Waals surface area contributed by atoms with Crippen LogP contribution in [0.25, 0.3) is 0 Å². The summed E-state index contributed by atoms with van der Waals surface area (Å²) in [5.41, 5.74) is 2.27. The Balaban J connectivity index is 1.63. The van der Waals surface area contributed by atoms with Gasteiger partial charge in [0.1, 0.15) is 0 Å². The highest BCUT2D eigenvalue weighted by Crippen LogP contribution is 2.04. The minimum Gasteiger partial charge on any atom is -0.352 e. The third kappa shape index (κ3) is 4.05. The van der Waals surface area contributed by atoms with Crippen LogP contribution < -0.4 is 5.32 Å². The Hall–Kier alpha value is -2.10. The van der Waals surface area contributed by atoms with Crippen molar-refractivity contribution >= 4 is 5.91 Å². The summed E-state index contributed by atoms with van der Waals surface area (Å²) in [6.45, 7) is 0.542. The van der Waals surface area contributed by atoms with E-state index in [1.54, 1.807) is 12.4 Å². The van der Waals surface area contributed by atoms with Gasteiger partial charge in [-0.1, -0.05) is 30.3 Å². The fraction of sp³-hybridized carbons (Fsp3) is 0.286. The number of rotatable bonds is 6. The lowest BCUT2D eigenvalue weighted by Crippen LogP contribution is -2.22. The predicted octanol–water partition coefficient (Wildman–Crippen LogP) is 2.05. The number of aryl methyl sites for hydroxylation is 1. The largest absolute Gasteiger partial charge is 0.352 e. The van der Waals surface area contributed by atoms with Crippen molar-refractivity contribution in [3.8, 4) is 0 Å². The van der Waals surface area contributed by atoms with Gasteiger partial charge in [-0.25, -0.2) is 0 Å². The molecule has 0 saturated heterocycles. The molecule has 4 heteroatoms. The van der Waals surface area contributed by atoms with Crippen LogP contribution in [0.1, 0.15) is 24.0 Å². The molecule has 0 unspecified atom stereocenters. The highest BCUT2D eigenvalue weighted by Gasteiger charge is 2.02. The molecule has 1 aromatic heterocycles. The van der Waals surface area contributed by atoms with Crippen LogP contribution in [0.3, 0.4) is 0 Å². The molecule has 0 bridgehead atoms. The van der Waals surface area contributed by atoms with Crippen molar-refractivity contribution in [3.05, 3.63) is 53.9 Å². The third-order valence-electron chi connectivity index (χ3n) is 2.76. The molecule has 0 spiro atoms. The number of H-pyrrole nitrogens is 1. The summed E-state index contributed by atoms with van der Waals surface area (Å²) in [5, 5.41) is 9.41. The number of hydrogen-bond acceptors (Lipinski definition) is 2. The van der Waals surface area contributed by atoms with Crippen LogP contribution in [0.5, 0.6) is 0 Å². The van der Waals surface area contributed by atoms with E-state index in [1.807, 2.05) is 18.2 Å². The molecule has 94 valence electrons. The molecule has 2 rings (SSSR count). The fourth-order valence-corrected chi connectivity index (χ4v) is 1.76. The molecule has 1 aromatic carbocycles. The number of aromatic amines is 1. The Kier molecular flexibility index (Phi) is 4.53. The molecule has 1 heterocycles. The summed E-state index contributed by atoms with van der Waals surface area (Å²) < 4.78 is 0. The molecule has 0 atom stereocenters. The minimum atomic E-state index is 0.0899. The third-order valence-corrected chi connectivity index (χ3v) is 2.76. The van der Waals surface area contributed by atoms with Gasteiger partial charge in [0.15, 0.2) is 0 Å². The average molecular weight is 243 g/mol. The monoisotopic (exact) mass is 243 g/mol. The normalized spacial score (nSPS) is 10.2. The van der Waals surface area contributed by atoms with Crippen molar-refractivity contribution in [1.29, 1.82) is 0 Å². The zero-order chi connectivity index (χ0) is 12.6. The Morgan fingerprint density at radius 2 is 2.06 bits per heavy atom. The molecule has 0 aliphatic carbocycles. The number of nitrogens with zero attached hydrogens (tertiary/aromatic N) is 1. The van der Waals surface area contributed by atoms with Gasteiger partial charge in [-0.2, -0.15) is 5.10 Å². The van der Waals surface area contributed by atoms with E-state index in [4.69, 9.17) is 0 Å². The van der Waals surface area contributed by atoms with E-state index in [0.717, 1.165) is 18.4 Å². The van der Waals surface area contributed by atoms with Crippen LogP contribution in [-0.4, -0.2) is 16.1 Å². The van der Waals surface area contributed by atoms with E-state index in [0.29, 0.717) is 13.0 Å². The van der Waals surface area contributed by atoms with Gasteiger partial charge in [0.25, 0.3) is 0 Å². The van der Waals surface area contributed by atoms with Crippen molar-refractivity contribution in [2.45, 2.75) is 25.8 Å². The van der Waals surface area contributed by atoms with Gasteiger partial charge in [-0.15, -0.1) is 0 Å². The topological polar surface area (TPSA) is 57.8 Å². The van der Waals surface area contributed by atoms with Crippen LogP contribution in [-0.2, 0) is 17.8 Å². The summed E-state index contributed by atoms with van der Waals surface area (Å²) in [6, 6.07) is 10.2. The molecule has 0 radical (unpaired) electrons. The predicted molar refractivity (Wildman–Crippen MR) is 69.8 cm³/mol. The number of benzene rings is 1. The van der Waals surface area contributed by atoms with Crippen LogP contribution in [0.2, 0.25) is 0 Å². The Labute approximate surface area is 106 Å². The second-order valence-corrected chi connectivity index (χ2v) is 4.22. The maximum absolute atomic E-state index is 11.6.